The SMILES string of the molecule is CC(C)=CCCC(C)=CCCC(C)=CCOCCC(C(=O)O)P(=O)(O)O. The van der Waals surface area contributed by atoms with E-state index in [9.17, 15) is 9.36 Å². The van der Waals surface area contributed by atoms with E-state index in [-0.39, 0.29) is 13.0 Å². The normalized spacial score (nSPS) is 14.2. The van der Waals surface area contributed by atoms with Crippen LogP contribution in [0.15, 0.2) is 34.9 Å². The summed E-state index contributed by atoms with van der Waals surface area (Å²) < 4.78 is 16.3. The third-order valence-corrected chi connectivity index (χ3v) is 5.19. The van der Waals surface area contributed by atoms with Crippen molar-refractivity contribution in [2.24, 2.45) is 0 Å². The smallest absolute Gasteiger partial charge is 0.339 e. The molecule has 6 nitrogen and oxygen atoms in total. The lowest BCUT2D eigenvalue weighted by Crippen LogP contribution is -2.22. The largest absolute Gasteiger partial charge is 0.481 e. The number of rotatable bonds is 13. The van der Waals surface area contributed by atoms with Gasteiger partial charge in [-0.15, -0.1) is 0 Å². The van der Waals surface area contributed by atoms with Crippen molar-refractivity contribution in [1.82, 2.24) is 0 Å². The van der Waals surface area contributed by atoms with Crippen LogP contribution in [0.1, 0.15) is 59.8 Å². The molecule has 0 aromatic heterocycles. The van der Waals surface area contributed by atoms with Crippen molar-refractivity contribution >= 4 is 13.6 Å². The highest BCUT2D eigenvalue weighted by Gasteiger charge is 2.35. The van der Waals surface area contributed by atoms with E-state index in [1.165, 1.54) is 16.7 Å². The predicted octanol–water partition coefficient (Wildman–Crippen LogP) is 4.44. The van der Waals surface area contributed by atoms with Gasteiger partial charge in [-0.05, 0) is 59.8 Å². The molecule has 0 saturated carbocycles. The van der Waals surface area contributed by atoms with Gasteiger partial charge in [-0.3, -0.25) is 9.36 Å². The molecule has 0 bridgehead atoms. The molecule has 0 aliphatic heterocycles. The Morgan fingerprint density at radius 3 is 2.04 bits per heavy atom. The number of hydrogen-bond acceptors (Lipinski definition) is 3. The predicted molar refractivity (Wildman–Crippen MR) is 104 cm³/mol. The van der Waals surface area contributed by atoms with Gasteiger partial charge in [0.15, 0.2) is 5.66 Å². The maximum Gasteiger partial charge on any atom is 0.339 e. The van der Waals surface area contributed by atoms with E-state index < -0.39 is 19.2 Å². The second kappa shape index (κ2) is 13.0. The zero-order valence-corrected chi connectivity index (χ0v) is 17.2. The van der Waals surface area contributed by atoms with E-state index in [1.54, 1.807) is 0 Å². The van der Waals surface area contributed by atoms with Gasteiger partial charge in [-0.1, -0.05) is 34.9 Å². The topological polar surface area (TPSA) is 104 Å². The number of allylic oxidation sites excluding steroid dienone is 5. The molecule has 26 heavy (non-hydrogen) atoms. The Morgan fingerprint density at radius 1 is 1.00 bits per heavy atom. The lowest BCUT2D eigenvalue weighted by atomic mass is 10.1. The summed E-state index contributed by atoms with van der Waals surface area (Å²) in [7, 11) is -4.64. The van der Waals surface area contributed by atoms with Gasteiger partial charge in [0, 0.05) is 6.61 Å². The number of carboxylic acid groups (broad SMARTS) is 1. The van der Waals surface area contributed by atoms with Gasteiger partial charge in [0.1, 0.15) is 0 Å². The summed E-state index contributed by atoms with van der Waals surface area (Å²) in [6.45, 7) is 8.65. The molecular weight excluding hydrogens is 355 g/mol. The zero-order valence-electron chi connectivity index (χ0n) is 16.3. The van der Waals surface area contributed by atoms with E-state index in [0.717, 1.165) is 25.7 Å². The first-order valence-corrected chi connectivity index (χ1v) is 10.5. The molecule has 0 heterocycles. The lowest BCUT2D eigenvalue weighted by molar-refractivity contribution is -0.137. The Hall–Kier alpha value is -1.20. The fraction of sp³-hybridized carbons (Fsp3) is 0.632. The van der Waals surface area contributed by atoms with Crippen molar-refractivity contribution in [3.63, 3.8) is 0 Å². The molecule has 1 unspecified atom stereocenters. The highest BCUT2D eigenvalue weighted by atomic mass is 31.2. The summed E-state index contributed by atoms with van der Waals surface area (Å²) in [5.41, 5.74) is 2.19. The Bertz CT molecular complexity index is 567. The molecule has 0 spiro atoms. The first-order chi connectivity index (χ1) is 12.0. The van der Waals surface area contributed by atoms with Crippen LogP contribution in [0, 0.1) is 0 Å². The van der Waals surface area contributed by atoms with E-state index >= 15 is 0 Å². The number of carboxylic acids is 1. The quantitative estimate of drug-likeness (QED) is 0.245. The molecule has 0 fully saturated rings. The van der Waals surface area contributed by atoms with Gasteiger partial charge in [0.2, 0.25) is 0 Å². The molecule has 0 rings (SSSR count). The van der Waals surface area contributed by atoms with Crippen molar-refractivity contribution in [2.75, 3.05) is 13.2 Å². The minimum absolute atomic E-state index is 0.00473. The van der Waals surface area contributed by atoms with Crippen LogP contribution in [0.25, 0.3) is 0 Å². The first kappa shape index (κ1) is 24.8. The third kappa shape index (κ3) is 13.1. The third-order valence-electron chi connectivity index (χ3n) is 3.90. The average molecular weight is 388 g/mol. The number of carbonyl (C=O) groups is 1. The van der Waals surface area contributed by atoms with E-state index in [1.807, 2.05) is 13.0 Å². The molecule has 0 aromatic carbocycles. The van der Waals surface area contributed by atoms with Crippen LogP contribution >= 0.6 is 7.60 Å². The van der Waals surface area contributed by atoms with E-state index in [2.05, 4.69) is 32.9 Å². The lowest BCUT2D eigenvalue weighted by Gasteiger charge is -2.13. The van der Waals surface area contributed by atoms with Gasteiger partial charge in [-0.2, -0.15) is 0 Å². The van der Waals surface area contributed by atoms with Gasteiger partial charge in [-0.25, -0.2) is 0 Å². The molecule has 0 aromatic rings. The maximum absolute atomic E-state index is 11.1. The van der Waals surface area contributed by atoms with Crippen LogP contribution in [0.3, 0.4) is 0 Å². The molecule has 150 valence electrons. The summed E-state index contributed by atoms with van der Waals surface area (Å²) in [5, 5.41) is 8.81. The number of ether oxygens (including phenoxy) is 1. The highest BCUT2D eigenvalue weighted by molar-refractivity contribution is 7.53. The Balaban J connectivity index is 4.06. The fourth-order valence-electron chi connectivity index (χ4n) is 2.25. The second-order valence-electron chi connectivity index (χ2n) is 6.77. The van der Waals surface area contributed by atoms with Gasteiger partial charge in [0.05, 0.1) is 6.61 Å². The summed E-state index contributed by atoms with van der Waals surface area (Å²) >= 11 is 0. The summed E-state index contributed by atoms with van der Waals surface area (Å²) in [4.78, 5) is 28.8. The van der Waals surface area contributed by atoms with Gasteiger partial charge < -0.3 is 19.6 Å². The zero-order chi connectivity index (χ0) is 20.2. The van der Waals surface area contributed by atoms with Crippen molar-refractivity contribution in [1.29, 1.82) is 0 Å². The van der Waals surface area contributed by atoms with Crippen LogP contribution in [0.5, 0.6) is 0 Å². The number of aliphatic carboxylic acids is 1. The minimum Gasteiger partial charge on any atom is -0.481 e. The summed E-state index contributed by atoms with van der Waals surface area (Å²) in [6, 6.07) is 0. The van der Waals surface area contributed by atoms with Crippen molar-refractivity contribution in [2.45, 2.75) is 65.5 Å². The maximum atomic E-state index is 11.1. The fourth-order valence-corrected chi connectivity index (χ4v) is 2.98. The Kier molecular flexibility index (Phi) is 12.4. The molecule has 3 N–H and O–H groups in total. The standard InChI is InChI=1S/C19H33O6P/c1-15(2)7-5-8-16(3)9-6-10-17(4)11-13-25-14-12-18(19(20)21)26(22,23)24/h7,9,11,18H,5-6,8,10,12-14H2,1-4H3,(H,20,21)(H2,22,23,24). The molecule has 0 aliphatic rings. The minimum atomic E-state index is -4.64. The van der Waals surface area contributed by atoms with Crippen LogP contribution < -0.4 is 0 Å². The first-order valence-electron chi connectivity index (χ1n) is 8.84. The van der Waals surface area contributed by atoms with Crippen LogP contribution in [-0.4, -0.2) is 39.7 Å². The second-order valence-corrected chi connectivity index (χ2v) is 8.57. The summed E-state index contributed by atoms with van der Waals surface area (Å²) in [5.74, 6) is -1.50. The van der Waals surface area contributed by atoms with Crippen molar-refractivity contribution < 1.29 is 29.0 Å². The van der Waals surface area contributed by atoms with Gasteiger partial charge in [0.25, 0.3) is 0 Å². The molecule has 0 saturated heterocycles. The van der Waals surface area contributed by atoms with Crippen LogP contribution in [0.4, 0.5) is 0 Å². The Morgan fingerprint density at radius 2 is 1.54 bits per heavy atom. The highest BCUT2D eigenvalue weighted by Crippen LogP contribution is 2.42. The molecule has 0 amide bonds. The molecule has 1 atom stereocenters. The van der Waals surface area contributed by atoms with E-state index in [0.29, 0.717) is 6.61 Å². The monoisotopic (exact) mass is 388 g/mol. The van der Waals surface area contributed by atoms with Crippen molar-refractivity contribution in [3.05, 3.63) is 34.9 Å². The van der Waals surface area contributed by atoms with Crippen molar-refractivity contribution in [3.8, 4) is 0 Å². The molecule has 0 aliphatic carbocycles. The Labute approximate surface area is 156 Å². The van der Waals surface area contributed by atoms with E-state index in [4.69, 9.17) is 19.6 Å². The number of hydrogen-bond donors (Lipinski definition) is 3. The van der Waals surface area contributed by atoms with Crippen LogP contribution in [0.2, 0.25) is 0 Å². The van der Waals surface area contributed by atoms with Gasteiger partial charge >= 0.3 is 13.6 Å². The molecule has 0 radical (unpaired) electrons. The summed E-state index contributed by atoms with van der Waals surface area (Å²) in [6.07, 6.45) is 10.2. The molecular formula is C19H33O6P. The van der Waals surface area contributed by atoms with Crippen LogP contribution in [-0.2, 0) is 14.1 Å². The molecule has 7 heteroatoms. The average Bonchev–Trinajstić information content (AvgIpc) is 2.48.